The summed E-state index contributed by atoms with van der Waals surface area (Å²) in [5.74, 6) is -0.795. The van der Waals surface area contributed by atoms with Crippen molar-refractivity contribution in [2.45, 2.75) is 12.5 Å². The molecule has 0 aromatic carbocycles. The second kappa shape index (κ2) is 3.82. The predicted molar refractivity (Wildman–Crippen MR) is 33.5 cm³/mol. The Hall–Kier alpha value is -0.230. The van der Waals surface area contributed by atoms with Crippen LogP contribution in [0.25, 0.3) is 0 Å². The molecule has 0 saturated heterocycles. The first kappa shape index (κ1) is 9.77. The third kappa shape index (κ3) is 5.90. The van der Waals surface area contributed by atoms with Crippen LogP contribution in [0.15, 0.2) is 0 Å². The van der Waals surface area contributed by atoms with E-state index >= 15 is 0 Å². The van der Waals surface area contributed by atoms with Crippen LogP contribution in [-0.4, -0.2) is 26.9 Å². The van der Waals surface area contributed by atoms with E-state index in [1.54, 1.807) is 0 Å². The van der Waals surface area contributed by atoms with E-state index < -0.39 is 28.7 Å². The average Bonchev–Trinajstić information content (AvgIpc) is 1.59. The van der Waals surface area contributed by atoms with Gasteiger partial charge in [-0.2, -0.15) is 8.42 Å². The molecule has 1 atom stereocenters. The SMILES string of the molecule is NC(CCF)CS(=O)(=O)F. The minimum absolute atomic E-state index is 0.122. The molecule has 0 aromatic heterocycles. The Morgan fingerprint density at radius 3 is 2.30 bits per heavy atom. The lowest BCUT2D eigenvalue weighted by Gasteiger charge is -2.03. The van der Waals surface area contributed by atoms with Gasteiger partial charge >= 0.3 is 10.2 Å². The fraction of sp³-hybridized carbons (Fsp3) is 1.00. The zero-order valence-electron chi connectivity index (χ0n) is 5.26. The van der Waals surface area contributed by atoms with Crippen LogP contribution in [0.5, 0.6) is 0 Å². The van der Waals surface area contributed by atoms with Crippen LogP contribution in [0.4, 0.5) is 8.28 Å². The van der Waals surface area contributed by atoms with Crippen LogP contribution in [0.1, 0.15) is 6.42 Å². The van der Waals surface area contributed by atoms with Gasteiger partial charge in [-0.1, -0.05) is 0 Å². The Balaban J connectivity index is 3.69. The molecule has 2 N–H and O–H groups in total. The van der Waals surface area contributed by atoms with Gasteiger partial charge in [0.2, 0.25) is 0 Å². The van der Waals surface area contributed by atoms with Gasteiger partial charge in [-0.3, -0.25) is 4.39 Å². The first-order chi connectivity index (χ1) is 4.45. The average molecular weight is 173 g/mol. The van der Waals surface area contributed by atoms with Gasteiger partial charge < -0.3 is 5.73 Å². The van der Waals surface area contributed by atoms with Gasteiger partial charge in [0.1, 0.15) is 0 Å². The van der Waals surface area contributed by atoms with E-state index in [0.29, 0.717) is 0 Å². The largest absolute Gasteiger partial charge is 0.327 e. The molecule has 3 nitrogen and oxygen atoms in total. The standard InChI is InChI=1S/C4H9F2NO2S/c5-2-1-4(7)3-10(6,8)9/h4H,1-3,7H2. The maximum atomic E-state index is 11.7. The topological polar surface area (TPSA) is 60.2 Å². The van der Waals surface area contributed by atoms with E-state index in [0.717, 1.165) is 0 Å². The number of nitrogens with two attached hydrogens (primary N) is 1. The minimum Gasteiger partial charge on any atom is -0.327 e. The highest BCUT2D eigenvalue weighted by Crippen LogP contribution is 1.97. The molecule has 0 aliphatic heterocycles. The van der Waals surface area contributed by atoms with Crippen molar-refractivity contribution < 1.29 is 16.7 Å². The third-order valence-corrected chi connectivity index (χ3v) is 1.72. The van der Waals surface area contributed by atoms with Crippen LogP contribution in [0, 0.1) is 0 Å². The molecule has 6 heteroatoms. The van der Waals surface area contributed by atoms with Crippen LogP contribution >= 0.6 is 0 Å². The maximum absolute atomic E-state index is 11.7. The Morgan fingerprint density at radius 2 is 2.00 bits per heavy atom. The van der Waals surface area contributed by atoms with Crippen molar-refractivity contribution in [3.05, 3.63) is 0 Å². The second-order valence-electron chi connectivity index (χ2n) is 1.94. The lowest BCUT2D eigenvalue weighted by molar-refractivity contribution is 0.444. The fourth-order valence-corrected chi connectivity index (χ4v) is 1.16. The number of hydrogen-bond acceptors (Lipinski definition) is 3. The summed E-state index contributed by atoms with van der Waals surface area (Å²) in [5.41, 5.74) is 5.01. The van der Waals surface area contributed by atoms with Crippen LogP contribution < -0.4 is 5.73 Å². The summed E-state index contributed by atoms with van der Waals surface area (Å²) in [5, 5.41) is 0. The summed E-state index contributed by atoms with van der Waals surface area (Å²) in [6, 6.07) is -0.931. The van der Waals surface area contributed by atoms with Crippen molar-refractivity contribution in [1.29, 1.82) is 0 Å². The summed E-state index contributed by atoms with van der Waals surface area (Å²) < 4.78 is 42.8. The molecular weight excluding hydrogens is 164 g/mol. The summed E-state index contributed by atoms with van der Waals surface area (Å²) in [6.45, 7) is -0.726. The molecule has 0 bridgehead atoms. The normalized spacial score (nSPS) is 15.1. The summed E-state index contributed by atoms with van der Waals surface area (Å²) in [7, 11) is -4.54. The van der Waals surface area contributed by atoms with Crippen molar-refractivity contribution in [1.82, 2.24) is 0 Å². The molecule has 62 valence electrons. The fourth-order valence-electron chi connectivity index (χ4n) is 0.479. The van der Waals surface area contributed by atoms with Gasteiger partial charge in [-0.15, -0.1) is 3.89 Å². The molecular formula is C4H9F2NO2S. The van der Waals surface area contributed by atoms with Crippen molar-refractivity contribution in [3.63, 3.8) is 0 Å². The molecule has 0 rings (SSSR count). The Kier molecular flexibility index (Phi) is 3.73. The van der Waals surface area contributed by atoms with Crippen LogP contribution in [0.2, 0.25) is 0 Å². The van der Waals surface area contributed by atoms with Crippen molar-refractivity contribution in [2.24, 2.45) is 5.73 Å². The predicted octanol–water partition coefficient (Wildman–Crippen LogP) is -0.0274. The smallest absolute Gasteiger partial charge is 0.303 e. The zero-order chi connectivity index (χ0) is 8.20. The van der Waals surface area contributed by atoms with Gasteiger partial charge in [0, 0.05) is 6.04 Å². The van der Waals surface area contributed by atoms with Gasteiger partial charge in [0.15, 0.2) is 0 Å². The Labute approximate surface area is 58.4 Å². The van der Waals surface area contributed by atoms with E-state index in [1.165, 1.54) is 0 Å². The lowest BCUT2D eigenvalue weighted by atomic mass is 10.3. The molecule has 0 aromatic rings. The highest BCUT2D eigenvalue weighted by molar-refractivity contribution is 7.86. The van der Waals surface area contributed by atoms with Crippen molar-refractivity contribution >= 4 is 10.2 Å². The highest BCUT2D eigenvalue weighted by Gasteiger charge is 2.13. The Bertz CT molecular complexity index is 180. The lowest BCUT2D eigenvalue weighted by Crippen LogP contribution is -2.28. The number of halogens is 2. The van der Waals surface area contributed by atoms with Crippen LogP contribution in [0.3, 0.4) is 0 Å². The van der Waals surface area contributed by atoms with Gasteiger partial charge in [-0.25, -0.2) is 0 Å². The maximum Gasteiger partial charge on any atom is 0.303 e. The monoisotopic (exact) mass is 173 g/mol. The number of hydrogen-bond donors (Lipinski definition) is 1. The zero-order valence-corrected chi connectivity index (χ0v) is 6.07. The van der Waals surface area contributed by atoms with Crippen LogP contribution in [-0.2, 0) is 10.2 Å². The molecule has 0 spiro atoms. The van der Waals surface area contributed by atoms with Gasteiger partial charge in [0.05, 0.1) is 12.4 Å². The first-order valence-corrected chi connectivity index (χ1v) is 4.25. The summed E-state index contributed by atoms with van der Waals surface area (Å²) in [6.07, 6.45) is -0.122. The minimum atomic E-state index is -4.54. The number of rotatable bonds is 4. The van der Waals surface area contributed by atoms with E-state index in [9.17, 15) is 16.7 Å². The summed E-state index contributed by atoms with van der Waals surface area (Å²) >= 11 is 0. The first-order valence-electron chi connectivity index (χ1n) is 2.69. The third-order valence-electron chi connectivity index (χ3n) is 0.893. The van der Waals surface area contributed by atoms with E-state index in [2.05, 4.69) is 0 Å². The Morgan fingerprint density at radius 1 is 1.50 bits per heavy atom. The quantitative estimate of drug-likeness (QED) is 0.607. The molecule has 0 aliphatic carbocycles. The molecule has 0 saturated carbocycles. The molecule has 10 heavy (non-hydrogen) atoms. The second-order valence-corrected chi connectivity index (χ2v) is 3.35. The molecule has 0 aliphatic rings. The van der Waals surface area contributed by atoms with E-state index in [-0.39, 0.29) is 6.42 Å². The van der Waals surface area contributed by atoms with Gasteiger partial charge in [0.25, 0.3) is 0 Å². The van der Waals surface area contributed by atoms with Crippen molar-refractivity contribution in [3.8, 4) is 0 Å². The number of alkyl halides is 1. The molecule has 0 fully saturated rings. The molecule has 0 heterocycles. The highest BCUT2D eigenvalue weighted by atomic mass is 32.3. The van der Waals surface area contributed by atoms with Gasteiger partial charge in [-0.05, 0) is 6.42 Å². The van der Waals surface area contributed by atoms with Crippen molar-refractivity contribution in [2.75, 3.05) is 12.4 Å². The van der Waals surface area contributed by atoms with E-state index in [4.69, 9.17) is 5.73 Å². The van der Waals surface area contributed by atoms with E-state index in [1.807, 2.05) is 0 Å². The molecule has 0 amide bonds. The molecule has 0 radical (unpaired) electrons. The molecule has 1 unspecified atom stereocenters. The summed E-state index contributed by atoms with van der Waals surface area (Å²) in [4.78, 5) is 0.